The van der Waals surface area contributed by atoms with Crippen molar-refractivity contribution in [3.8, 4) is 11.4 Å². The van der Waals surface area contributed by atoms with Gasteiger partial charge in [-0.2, -0.15) is 5.10 Å². The Balaban J connectivity index is 1.63. The van der Waals surface area contributed by atoms with Crippen LogP contribution in [-0.4, -0.2) is 28.8 Å². The SMILES string of the molecule is COc1cccc(-n2nc(C(=O)NC3CCCC3)cc2C2CC2)c1. The van der Waals surface area contributed by atoms with Crippen LogP contribution in [0.5, 0.6) is 5.75 Å². The molecule has 0 aliphatic heterocycles. The van der Waals surface area contributed by atoms with E-state index in [1.54, 1.807) is 7.11 Å². The number of amides is 1. The summed E-state index contributed by atoms with van der Waals surface area (Å²) in [6, 6.07) is 10.1. The summed E-state index contributed by atoms with van der Waals surface area (Å²) in [7, 11) is 1.66. The van der Waals surface area contributed by atoms with Crippen LogP contribution in [-0.2, 0) is 0 Å². The number of nitrogens with zero attached hydrogens (tertiary/aromatic N) is 2. The van der Waals surface area contributed by atoms with E-state index < -0.39 is 0 Å². The van der Waals surface area contributed by atoms with Crippen molar-refractivity contribution in [2.75, 3.05) is 7.11 Å². The highest BCUT2D eigenvalue weighted by Gasteiger charge is 2.30. The lowest BCUT2D eigenvalue weighted by molar-refractivity contribution is 0.0932. The van der Waals surface area contributed by atoms with Gasteiger partial charge in [0.15, 0.2) is 5.69 Å². The number of hydrogen-bond donors (Lipinski definition) is 1. The lowest BCUT2D eigenvalue weighted by atomic mass is 10.2. The Hall–Kier alpha value is -2.30. The number of rotatable bonds is 5. The minimum Gasteiger partial charge on any atom is -0.497 e. The smallest absolute Gasteiger partial charge is 0.272 e. The van der Waals surface area contributed by atoms with Gasteiger partial charge in [0.2, 0.25) is 0 Å². The van der Waals surface area contributed by atoms with Crippen molar-refractivity contribution >= 4 is 5.91 Å². The monoisotopic (exact) mass is 325 g/mol. The Morgan fingerprint density at radius 1 is 1.21 bits per heavy atom. The quantitative estimate of drug-likeness (QED) is 0.916. The fourth-order valence-corrected chi connectivity index (χ4v) is 3.45. The summed E-state index contributed by atoms with van der Waals surface area (Å²) in [5.74, 6) is 1.25. The summed E-state index contributed by atoms with van der Waals surface area (Å²) >= 11 is 0. The zero-order chi connectivity index (χ0) is 16.5. The first-order valence-electron chi connectivity index (χ1n) is 8.80. The normalized spacial score (nSPS) is 17.9. The van der Waals surface area contributed by atoms with Gasteiger partial charge in [-0.15, -0.1) is 0 Å². The van der Waals surface area contributed by atoms with E-state index in [2.05, 4.69) is 10.4 Å². The number of nitrogens with one attached hydrogen (secondary N) is 1. The van der Waals surface area contributed by atoms with E-state index in [1.165, 1.54) is 25.7 Å². The minimum atomic E-state index is -0.0505. The van der Waals surface area contributed by atoms with Gasteiger partial charge in [0.25, 0.3) is 5.91 Å². The molecule has 2 saturated carbocycles. The molecule has 1 aromatic heterocycles. The van der Waals surface area contributed by atoms with Gasteiger partial charge >= 0.3 is 0 Å². The average Bonchev–Trinajstić information content (AvgIpc) is 3.14. The van der Waals surface area contributed by atoms with Gasteiger partial charge in [-0.3, -0.25) is 4.79 Å². The van der Waals surface area contributed by atoms with E-state index in [1.807, 2.05) is 35.0 Å². The summed E-state index contributed by atoms with van der Waals surface area (Å²) < 4.78 is 7.22. The Morgan fingerprint density at radius 2 is 2.00 bits per heavy atom. The van der Waals surface area contributed by atoms with Crippen molar-refractivity contribution in [3.05, 3.63) is 41.7 Å². The minimum absolute atomic E-state index is 0.0505. The van der Waals surface area contributed by atoms with E-state index in [0.29, 0.717) is 17.7 Å². The molecule has 0 unspecified atom stereocenters. The van der Waals surface area contributed by atoms with Gasteiger partial charge in [-0.25, -0.2) is 4.68 Å². The van der Waals surface area contributed by atoms with Crippen LogP contribution >= 0.6 is 0 Å². The number of methoxy groups -OCH3 is 1. The van der Waals surface area contributed by atoms with Crippen molar-refractivity contribution in [1.29, 1.82) is 0 Å². The van der Waals surface area contributed by atoms with Gasteiger partial charge in [0.1, 0.15) is 5.75 Å². The molecule has 4 rings (SSSR count). The van der Waals surface area contributed by atoms with E-state index in [0.717, 1.165) is 30.0 Å². The number of carbonyl (C=O) groups excluding carboxylic acids is 1. The van der Waals surface area contributed by atoms with Gasteiger partial charge < -0.3 is 10.1 Å². The molecule has 1 heterocycles. The highest BCUT2D eigenvalue weighted by molar-refractivity contribution is 5.92. The Labute approximate surface area is 142 Å². The zero-order valence-corrected chi connectivity index (χ0v) is 14.0. The van der Waals surface area contributed by atoms with Crippen molar-refractivity contribution < 1.29 is 9.53 Å². The third kappa shape index (κ3) is 3.03. The molecule has 24 heavy (non-hydrogen) atoms. The van der Waals surface area contributed by atoms with Crippen LogP contribution in [0, 0.1) is 0 Å². The molecule has 126 valence electrons. The molecule has 0 spiro atoms. The van der Waals surface area contributed by atoms with E-state index in [4.69, 9.17) is 4.74 Å². The Morgan fingerprint density at radius 3 is 2.71 bits per heavy atom. The molecular weight excluding hydrogens is 302 g/mol. The molecule has 1 N–H and O–H groups in total. The van der Waals surface area contributed by atoms with Gasteiger partial charge in [-0.05, 0) is 43.9 Å². The van der Waals surface area contributed by atoms with Crippen LogP contribution in [0.15, 0.2) is 30.3 Å². The molecule has 2 aliphatic carbocycles. The van der Waals surface area contributed by atoms with Crippen LogP contribution in [0.1, 0.15) is 60.6 Å². The molecule has 0 atom stereocenters. The van der Waals surface area contributed by atoms with Crippen molar-refractivity contribution in [1.82, 2.24) is 15.1 Å². The number of carbonyl (C=O) groups is 1. The number of hydrogen-bond acceptors (Lipinski definition) is 3. The standard InChI is InChI=1S/C19H23N3O2/c1-24-16-8-4-7-15(11-16)22-18(13-9-10-13)12-17(21-22)19(23)20-14-5-2-3-6-14/h4,7-8,11-14H,2-3,5-6,9-10H2,1H3,(H,20,23). The second-order valence-corrected chi connectivity index (χ2v) is 6.80. The lowest BCUT2D eigenvalue weighted by Crippen LogP contribution is -2.32. The lowest BCUT2D eigenvalue weighted by Gasteiger charge is -2.10. The summed E-state index contributed by atoms with van der Waals surface area (Å²) in [5, 5.41) is 7.74. The maximum Gasteiger partial charge on any atom is 0.272 e. The van der Waals surface area contributed by atoms with E-state index in [-0.39, 0.29) is 5.91 Å². The molecule has 0 bridgehead atoms. The molecule has 2 fully saturated rings. The topological polar surface area (TPSA) is 56.2 Å². The highest BCUT2D eigenvalue weighted by Crippen LogP contribution is 2.41. The number of benzene rings is 1. The third-order valence-corrected chi connectivity index (χ3v) is 4.95. The first-order chi connectivity index (χ1) is 11.7. The Kier molecular flexibility index (Phi) is 4.00. The molecule has 2 aromatic rings. The second-order valence-electron chi connectivity index (χ2n) is 6.80. The van der Waals surface area contributed by atoms with Crippen molar-refractivity contribution in [3.63, 3.8) is 0 Å². The summed E-state index contributed by atoms with van der Waals surface area (Å²) in [6.45, 7) is 0. The van der Waals surface area contributed by atoms with Crippen LogP contribution < -0.4 is 10.1 Å². The first kappa shape index (κ1) is 15.2. The van der Waals surface area contributed by atoms with Crippen molar-refractivity contribution in [2.45, 2.75) is 50.5 Å². The molecule has 2 aliphatic rings. The van der Waals surface area contributed by atoms with Crippen molar-refractivity contribution in [2.24, 2.45) is 0 Å². The molecule has 1 aromatic carbocycles. The van der Waals surface area contributed by atoms with Gasteiger partial charge in [0.05, 0.1) is 12.8 Å². The first-order valence-corrected chi connectivity index (χ1v) is 8.80. The molecule has 0 radical (unpaired) electrons. The fourth-order valence-electron chi connectivity index (χ4n) is 3.45. The van der Waals surface area contributed by atoms with E-state index in [9.17, 15) is 4.79 Å². The average molecular weight is 325 g/mol. The zero-order valence-electron chi connectivity index (χ0n) is 14.0. The number of ether oxygens (including phenoxy) is 1. The maximum atomic E-state index is 12.6. The van der Waals surface area contributed by atoms with Crippen LogP contribution in [0.4, 0.5) is 0 Å². The Bertz CT molecular complexity index is 743. The summed E-state index contributed by atoms with van der Waals surface area (Å²) in [5.41, 5.74) is 2.59. The third-order valence-electron chi connectivity index (χ3n) is 4.95. The molecule has 1 amide bonds. The molecule has 5 nitrogen and oxygen atoms in total. The molecular formula is C19H23N3O2. The largest absolute Gasteiger partial charge is 0.497 e. The number of aromatic nitrogens is 2. The predicted octanol–water partition coefficient (Wildman–Crippen LogP) is 3.43. The fraction of sp³-hybridized carbons (Fsp3) is 0.474. The second kappa shape index (κ2) is 6.30. The summed E-state index contributed by atoms with van der Waals surface area (Å²) in [4.78, 5) is 12.6. The molecule has 0 saturated heterocycles. The van der Waals surface area contributed by atoms with E-state index >= 15 is 0 Å². The predicted molar refractivity (Wildman–Crippen MR) is 91.8 cm³/mol. The van der Waals surface area contributed by atoms with Gasteiger partial charge in [-0.1, -0.05) is 18.9 Å². The highest BCUT2D eigenvalue weighted by atomic mass is 16.5. The van der Waals surface area contributed by atoms with Crippen LogP contribution in [0.2, 0.25) is 0 Å². The van der Waals surface area contributed by atoms with Crippen LogP contribution in [0.3, 0.4) is 0 Å². The van der Waals surface area contributed by atoms with Gasteiger partial charge in [0, 0.05) is 23.7 Å². The maximum absolute atomic E-state index is 12.6. The summed E-state index contributed by atoms with van der Waals surface area (Å²) in [6.07, 6.45) is 6.90. The molecule has 5 heteroatoms. The van der Waals surface area contributed by atoms with Crippen LogP contribution in [0.25, 0.3) is 5.69 Å².